The minimum atomic E-state index is -0.525. The number of hydrogen-bond acceptors (Lipinski definition) is 5. The zero-order chi connectivity index (χ0) is 16.2. The Hall–Kier alpha value is -3.27. The van der Waals surface area contributed by atoms with Crippen molar-refractivity contribution in [2.75, 3.05) is 7.11 Å². The van der Waals surface area contributed by atoms with Crippen molar-refractivity contribution in [1.29, 1.82) is 5.26 Å². The molecule has 3 aromatic rings. The zero-order valence-corrected chi connectivity index (χ0v) is 12.5. The van der Waals surface area contributed by atoms with Gasteiger partial charge in [0.1, 0.15) is 17.5 Å². The smallest absolute Gasteiger partial charge is 0.373 e. The molecule has 0 aromatic carbocycles. The summed E-state index contributed by atoms with van der Waals surface area (Å²) in [6.45, 7) is 0.948. The molecular weight excluding hydrogens is 296 g/mol. The Morgan fingerprint density at radius 3 is 2.91 bits per heavy atom. The first-order chi connectivity index (χ1) is 11.2. The highest BCUT2D eigenvalue weighted by molar-refractivity contribution is 5.86. The summed E-state index contributed by atoms with van der Waals surface area (Å²) in [6, 6.07) is 9.08. The number of esters is 1. The first-order valence-corrected chi connectivity index (χ1v) is 6.92. The van der Waals surface area contributed by atoms with Gasteiger partial charge in [0.05, 0.1) is 26.5 Å². The molecule has 0 radical (unpaired) electrons. The number of aromatic nitrogens is 3. The van der Waals surface area contributed by atoms with E-state index in [1.165, 1.54) is 7.11 Å². The molecule has 23 heavy (non-hydrogen) atoms. The van der Waals surface area contributed by atoms with Crippen molar-refractivity contribution < 1.29 is 13.9 Å². The maximum atomic E-state index is 11.4. The van der Waals surface area contributed by atoms with E-state index in [-0.39, 0.29) is 5.76 Å². The fourth-order valence-electron chi connectivity index (χ4n) is 2.33. The average Bonchev–Trinajstić information content (AvgIpc) is 3.30. The van der Waals surface area contributed by atoms with Crippen LogP contribution in [-0.2, 0) is 17.8 Å². The molecule has 3 rings (SSSR count). The summed E-state index contributed by atoms with van der Waals surface area (Å²) in [7, 11) is 1.30. The molecule has 0 amide bonds. The topological polar surface area (TPSA) is 86.0 Å². The van der Waals surface area contributed by atoms with Crippen LogP contribution in [0.2, 0.25) is 0 Å². The molecule has 0 spiro atoms. The SMILES string of the molecule is COC(=O)c1ccc(Cn2c(C#N)ccc2Cn2ccnc2)o1. The first kappa shape index (κ1) is 14.7. The van der Waals surface area contributed by atoms with Gasteiger partial charge in [-0.15, -0.1) is 0 Å². The van der Waals surface area contributed by atoms with Gasteiger partial charge in [0.2, 0.25) is 5.76 Å². The second-order valence-corrected chi connectivity index (χ2v) is 4.90. The van der Waals surface area contributed by atoms with Crippen LogP contribution in [0.15, 0.2) is 47.4 Å². The summed E-state index contributed by atoms with van der Waals surface area (Å²) in [6.07, 6.45) is 5.27. The van der Waals surface area contributed by atoms with Gasteiger partial charge in [0.25, 0.3) is 0 Å². The van der Waals surface area contributed by atoms with Crippen LogP contribution in [0.4, 0.5) is 0 Å². The molecule has 3 aromatic heterocycles. The second-order valence-electron chi connectivity index (χ2n) is 4.90. The number of carbonyl (C=O) groups is 1. The number of hydrogen-bond donors (Lipinski definition) is 0. The molecule has 0 N–H and O–H groups in total. The number of nitriles is 1. The lowest BCUT2D eigenvalue weighted by Crippen LogP contribution is -2.09. The van der Waals surface area contributed by atoms with Crippen LogP contribution in [0.1, 0.15) is 27.7 Å². The quantitative estimate of drug-likeness (QED) is 0.673. The van der Waals surface area contributed by atoms with Crippen LogP contribution >= 0.6 is 0 Å². The van der Waals surface area contributed by atoms with Crippen LogP contribution in [0, 0.1) is 11.3 Å². The molecule has 0 aliphatic heterocycles. The molecule has 0 unspecified atom stereocenters. The van der Waals surface area contributed by atoms with Crippen molar-refractivity contribution in [3.05, 3.63) is 65.9 Å². The maximum Gasteiger partial charge on any atom is 0.373 e. The van der Waals surface area contributed by atoms with E-state index in [2.05, 4.69) is 15.8 Å². The first-order valence-electron chi connectivity index (χ1n) is 6.92. The van der Waals surface area contributed by atoms with E-state index in [4.69, 9.17) is 4.42 Å². The van der Waals surface area contributed by atoms with Crippen LogP contribution in [0.25, 0.3) is 0 Å². The molecular formula is C16H14N4O3. The fourth-order valence-corrected chi connectivity index (χ4v) is 2.33. The third-order valence-corrected chi connectivity index (χ3v) is 3.45. The van der Waals surface area contributed by atoms with Gasteiger partial charge in [-0.05, 0) is 24.3 Å². The van der Waals surface area contributed by atoms with E-state index in [0.29, 0.717) is 24.5 Å². The highest BCUT2D eigenvalue weighted by atomic mass is 16.5. The summed E-state index contributed by atoms with van der Waals surface area (Å²) < 4.78 is 13.9. The van der Waals surface area contributed by atoms with Crippen molar-refractivity contribution in [3.63, 3.8) is 0 Å². The van der Waals surface area contributed by atoms with E-state index in [0.717, 1.165) is 5.69 Å². The van der Waals surface area contributed by atoms with E-state index in [9.17, 15) is 10.1 Å². The molecule has 0 saturated heterocycles. The number of nitrogens with zero attached hydrogens (tertiary/aromatic N) is 4. The second kappa shape index (κ2) is 6.23. The highest BCUT2D eigenvalue weighted by Crippen LogP contribution is 2.16. The van der Waals surface area contributed by atoms with Crippen molar-refractivity contribution in [1.82, 2.24) is 14.1 Å². The Kier molecular flexibility index (Phi) is 3.97. The van der Waals surface area contributed by atoms with E-state index >= 15 is 0 Å². The molecule has 0 aliphatic rings. The average molecular weight is 310 g/mol. The number of carbonyl (C=O) groups excluding carboxylic acids is 1. The molecule has 0 saturated carbocycles. The van der Waals surface area contributed by atoms with Crippen LogP contribution in [0.5, 0.6) is 0 Å². The fraction of sp³-hybridized carbons (Fsp3) is 0.188. The van der Waals surface area contributed by atoms with E-state index in [1.807, 2.05) is 21.4 Å². The summed E-state index contributed by atoms with van der Waals surface area (Å²) in [5.41, 5.74) is 1.46. The lowest BCUT2D eigenvalue weighted by atomic mass is 10.3. The normalized spacial score (nSPS) is 10.4. The minimum Gasteiger partial charge on any atom is -0.463 e. The molecule has 116 valence electrons. The molecule has 3 heterocycles. The number of imidazole rings is 1. The van der Waals surface area contributed by atoms with Crippen molar-refractivity contribution in [3.8, 4) is 6.07 Å². The van der Waals surface area contributed by atoms with Gasteiger partial charge >= 0.3 is 5.97 Å². The van der Waals surface area contributed by atoms with Gasteiger partial charge in [-0.3, -0.25) is 0 Å². The van der Waals surface area contributed by atoms with Gasteiger partial charge in [0, 0.05) is 18.1 Å². The Labute approximate surface area is 132 Å². The summed E-state index contributed by atoms with van der Waals surface area (Å²) in [4.78, 5) is 15.5. The van der Waals surface area contributed by atoms with Crippen LogP contribution in [0.3, 0.4) is 0 Å². The molecule has 7 heteroatoms. The maximum absolute atomic E-state index is 11.4. The molecule has 0 atom stereocenters. The van der Waals surface area contributed by atoms with Crippen molar-refractivity contribution >= 4 is 5.97 Å². The lowest BCUT2D eigenvalue weighted by molar-refractivity contribution is 0.0563. The molecule has 0 aliphatic carbocycles. The van der Waals surface area contributed by atoms with Crippen molar-refractivity contribution in [2.24, 2.45) is 0 Å². The van der Waals surface area contributed by atoms with Gasteiger partial charge in [-0.25, -0.2) is 9.78 Å². The predicted molar refractivity (Wildman–Crippen MR) is 79.6 cm³/mol. The molecule has 0 bridgehead atoms. The molecule has 0 fully saturated rings. The van der Waals surface area contributed by atoms with Gasteiger partial charge in [-0.1, -0.05) is 0 Å². The van der Waals surface area contributed by atoms with Gasteiger partial charge in [0.15, 0.2) is 0 Å². The molecule has 7 nitrogen and oxygen atoms in total. The predicted octanol–water partition coefficient (Wildman–Crippen LogP) is 2.03. The third kappa shape index (κ3) is 3.01. The van der Waals surface area contributed by atoms with Crippen molar-refractivity contribution in [2.45, 2.75) is 13.1 Å². The standard InChI is InChI=1S/C16H14N4O3/c1-22-16(21)15-5-4-14(23-15)10-20-12(8-17)2-3-13(20)9-19-7-6-18-11-19/h2-7,11H,9-10H2,1H3. The number of methoxy groups -OCH3 is 1. The number of ether oxygens (including phenoxy) is 1. The van der Waals surface area contributed by atoms with Gasteiger partial charge in [-0.2, -0.15) is 5.26 Å². The Balaban J connectivity index is 1.86. The Morgan fingerprint density at radius 2 is 2.22 bits per heavy atom. The van der Waals surface area contributed by atoms with E-state index < -0.39 is 5.97 Å². The van der Waals surface area contributed by atoms with Crippen LogP contribution < -0.4 is 0 Å². The lowest BCUT2D eigenvalue weighted by Gasteiger charge is -2.09. The summed E-state index contributed by atoms with van der Waals surface area (Å²) in [5.74, 6) is 0.192. The zero-order valence-electron chi connectivity index (χ0n) is 12.5. The number of furan rings is 1. The monoisotopic (exact) mass is 310 g/mol. The Morgan fingerprint density at radius 1 is 1.35 bits per heavy atom. The highest BCUT2D eigenvalue weighted by Gasteiger charge is 2.14. The van der Waals surface area contributed by atoms with E-state index in [1.54, 1.807) is 30.7 Å². The number of rotatable bonds is 5. The van der Waals surface area contributed by atoms with Crippen LogP contribution in [-0.4, -0.2) is 27.2 Å². The largest absolute Gasteiger partial charge is 0.463 e. The summed E-state index contributed by atoms with van der Waals surface area (Å²) >= 11 is 0. The van der Waals surface area contributed by atoms with Gasteiger partial charge < -0.3 is 18.3 Å². The minimum absolute atomic E-state index is 0.143. The third-order valence-electron chi connectivity index (χ3n) is 3.45. The Bertz CT molecular complexity index is 852. The summed E-state index contributed by atoms with van der Waals surface area (Å²) in [5, 5.41) is 9.27.